The van der Waals surface area contributed by atoms with E-state index in [1.54, 1.807) is 20.8 Å². The number of methoxy groups -OCH3 is 1. The molecule has 0 aromatic rings. The smallest absolute Gasteiger partial charge is 0.408 e. The van der Waals surface area contributed by atoms with Crippen molar-refractivity contribution in [2.24, 2.45) is 5.73 Å². The van der Waals surface area contributed by atoms with Crippen molar-refractivity contribution in [3.8, 4) is 0 Å². The van der Waals surface area contributed by atoms with Crippen molar-refractivity contribution in [2.45, 2.75) is 32.4 Å². The van der Waals surface area contributed by atoms with Crippen LogP contribution in [-0.2, 0) is 14.3 Å². The van der Waals surface area contributed by atoms with Gasteiger partial charge in [-0.2, -0.15) is 0 Å². The summed E-state index contributed by atoms with van der Waals surface area (Å²) >= 11 is 0. The third kappa shape index (κ3) is 5.90. The highest BCUT2D eigenvalue weighted by Gasteiger charge is 2.23. The quantitative estimate of drug-likeness (QED) is 0.651. The van der Waals surface area contributed by atoms with Crippen molar-refractivity contribution in [1.82, 2.24) is 5.32 Å². The second-order valence-corrected chi connectivity index (χ2v) is 3.96. The Morgan fingerprint density at radius 2 is 1.93 bits per heavy atom. The van der Waals surface area contributed by atoms with Gasteiger partial charge in [-0.1, -0.05) is 0 Å². The summed E-state index contributed by atoms with van der Waals surface area (Å²) in [6.45, 7) is 5.14. The van der Waals surface area contributed by atoms with E-state index in [2.05, 4.69) is 10.1 Å². The molecule has 0 radical (unpaired) electrons. The second-order valence-electron chi connectivity index (χ2n) is 3.96. The molecule has 0 saturated heterocycles. The van der Waals surface area contributed by atoms with Gasteiger partial charge in [0.15, 0.2) is 0 Å². The largest absolute Gasteiger partial charge is 0.467 e. The number of carbonyl (C=O) groups is 2. The van der Waals surface area contributed by atoms with Crippen molar-refractivity contribution in [3.63, 3.8) is 0 Å². The summed E-state index contributed by atoms with van der Waals surface area (Å²) in [4.78, 5) is 22.3. The summed E-state index contributed by atoms with van der Waals surface area (Å²) in [6, 6.07) is -0.871. The Labute approximate surface area is 89.1 Å². The number of ether oxygens (including phenoxy) is 2. The normalized spacial score (nSPS) is 12.9. The Kier molecular flexibility index (Phi) is 5.07. The Hall–Kier alpha value is -1.30. The Morgan fingerprint density at radius 1 is 1.40 bits per heavy atom. The van der Waals surface area contributed by atoms with E-state index >= 15 is 0 Å². The van der Waals surface area contributed by atoms with Crippen LogP contribution in [0, 0.1) is 0 Å². The molecule has 1 amide bonds. The molecule has 6 nitrogen and oxygen atoms in total. The SMILES string of the molecule is COC(=O)[C@@H](CN)NC(=O)OC(C)(C)C. The van der Waals surface area contributed by atoms with Gasteiger partial charge in [0.25, 0.3) is 0 Å². The molecule has 0 spiro atoms. The molecule has 15 heavy (non-hydrogen) atoms. The summed E-state index contributed by atoms with van der Waals surface area (Å²) in [5.74, 6) is -0.594. The van der Waals surface area contributed by atoms with Gasteiger partial charge >= 0.3 is 12.1 Å². The first-order valence-electron chi connectivity index (χ1n) is 4.57. The minimum absolute atomic E-state index is 0.0358. The average molecular weight is 218 g/mol. The molecule has 0 aromatic heterocycles. The Morgan fingerprint density at radius 3 is 2.27 bits per heavy atom. The maximum Gasteiger partial charge on any atom is 0.408 e. The van der Waals surface area contributed by atoms with Gasteiger partial charge in [0, 0.05) is 6.54 Å². The molecular weight excluding hydrogens is 200 g/mol. The number of hydrogen-bond donors (Lipinski definition) is 2. The van der Waals surface area contributed by atoms with Gasteiger partial charge in [0.1, 0.15) is 11.6 Å². The van der Waals surface area contributed by atoms with Crippen molar-refractivity contribution < 1.29 is 19.1 Å². The van der Waals surface area contributed by atoms with Crippen LogP contribution in [0.15, 0.2) is 0 Å². The number of amides is 1. The van der Waals surface area contributed by atoms with Crippen LogP contribution < -0.4 is 11.1 Å². The van der Waals surface area contributed by atoms with E-state index in [4.69, 9.17) is 10.5 Å². The molecule has 0 aliphatic rings. The van der Waals surface area contributed by atoms with Crippen molar-refractivity contribution >= 4 is 12.1 Å². The van der Waals surface area contributed by atoms with Crippen LogP contribution in [0.4, 0.5) is 4.79 Å². The number of alkyl carbamates (subject to hydrolysis) is 1. The standard InChI is InChI=1S/C9H18N2O4/c1-9(2,3)15-8(13)11-6(5-10)7(12)14-4/h6H,5,10H2,1-4H3,(H,11,13)/t6-/m1/s1. The van der Waals surface area contributed by atoms with Gasteiger partial charge in [0.05, 0.1) is 7.11 Å². The number of rotatable bonds is 3. The van der Waals surface area contributed by atoms with Crippen molar-refractivity contribution in [1.29, 1.82) is 0 Å². The molecule has 0 heterocycles. The van der Waals surface area contributed by atoms with Gasteiger partial charge in [0.2, 0.25) is 0 Å². The number of esters is 1. The van der Waals surface area contributed by atoms with Gasteiger partial charge in [-0.15, -0.1) is 0 Å². The Balaban J connectivity index is 4.20. The van der Waals surface area contributed by atoms with Crippen LogP contribution in [0.1, 0.15) is 20.8 Å². The average Bonchev–Trinajstić information content (AvgIpc) is 2.10. The number of hydrogen-bond acceptors (Lipinski definition) is 5. The van der Waals surface area contributed by atoms with Crippen LogP contribution in [-0.4, -0.2) is 37.4 Å². The fourth-order valence-corrected chi connectivity index (χ4v) is 0.806. The highest BCUT2D eigenvalue weighted by atomic mass is 16.6. The second kappa shape index (κ2) is 5.55. The van der Waals surface area contributed by atoms with Crippen LogP contribution in [0.25, 0.3) is 0 Å². The van der Waals surface area contributed by atoms with Gasteiger partial charge < -0.3 is 20.5 Å². The summed E-state index contributed by atoms with van der Waals surface area (Å²) < 4.78 is 9.40. The highest BCUT2D eigenvalue weighted by Crippen LogP contribution is 2.06. The van der Waals surface area contributed by atoms with E-state index in [-0.39, 0.29) is 6.54 Å². The van der Waals surface area contributed by atoms with E-state index < -0.39 is 23.7 Å². The molecular formula is C9H18N2O4. The van der Waals surface area contributed by atoms with E-state index in [0.29, 0.717) is 0 Å². The first kappa shape index (κ1) is 13.7. The predicted molar refractivity (Wildman–Crippen MR) is 54.2 cm³/mol. The van der Waals surface area contributed by atoms with Crippen LogP contribution in [0.2, 0.25) is 0 Å². The van der Waals surface area contributed by atoms with Crippen LogP contribution in [0.5, 0.6) is 0 Å². The lowest BCUT2D eigenvalue weighted by Gasteiger charge is -2.21. The summed E-state index contributed by atoms with van der Waals surface area (Å²) in [5.41, 5.74) is 4.68. The van der Waals surface area contributed by atoms with Gasteiger partial charge in [-0.25, -0.2) is 9.59 Å². The molecule has 0 rings (SSSR count). The van der Waals surface area contributed by atoms with Crippen LogP contribution in [0.3, 0.4) is 0 Å². The topological polar surface area (TPSA) is 90.6 Å². The summed E-state index contributed by atoms with van der Waals surface area (Å²) in [6.07, 6.45) is -0.691. The molecule has 0 fully saturated rings. The van der Waals surface area contributed by atoms with E-state index in [9.17, 15) is 9.59 Å². The molecule has 0 aromatic carbocycles. The first-order valence-corrected chi connectivity index (χ1v) is 4.57. The molecule has 6 heteroatoms. The third-order valence-electron chi connectivity index (χ3n) is 1.41. The summed E-state index contributed by atoms with van der Waals surface area (Å²) in [7, 11) is 1.22. The van der Waals surface area contributed by atoms with E-state index in [1.165, 1.54) is 7.11 Å². The minimum Gasteiger partial charge on any atom is -0.467 e. The number of nitrogens with one attached hydrogen (secondary N) is 1. The van der Waals surface area contributed by atoms with Crippen molar-refractivity contribution in [3.05, 3.63) is 0 Å². The zero-order chi connectivity index (χ0) is 12.1. The zero-order valence-corrected chi connectivity index (χ0v) is 9.49. The zero-order valence-electron chi connectivity index (χ0n) is 9.49. The molecule has 88 valence electrons. The monoisotopic (exact) mass is 218 g/mol. The molecule has 0 saturated carbocycles. The van der Waals surface area contributed by atoms with E-state index in [1.807, 2.05) is 0 Å². The number of nitrogens with two attached hydrogens (primary N) is 1. The summed E-state index contributed by atoms with van der Waals surface area (Å²) in [5, 5.41) is 2.31. The molecule has 0 aliphatic carbocycles. The maximum absolute atomic E-state index is 11.3. The molecule has 0 unspecified atom stereocenters. The van der Waals surface area contributed by atoms with Crippen molar-refractivity contribution in [2.75, 3.05) is 13.7 Å². The lowest BCUT2D eigenvalue weighted by molar-refractivity contribution is -0.142. The molecule has 1 atom stereocenters. The highest BCUT2D eigenvalue weighted by molar-refractivity contribution is 5.81. The lowest BCUT2D eigenvalue weighted by Crippen LogP contribution is -2.48. The maximum atomic E-state index is 11.3. The fraction of sp³-hybridized carbons (Fsp3) is 0.778. The first-order chi connectivity index (χ1) is 6.80. The lowest BCUT2D eigenvalue weighted by atomic mass is 10.2. The van der Waals surface area contributed by atoms with Gasteiger partial charge in [-0.3, -0.25) is 0 Å². The third-order valence-corrected chi connectivity index (χ3v) is 1.41. The Bertz CT molecular complexity index is 235. The van der Waals surface area contributed by atoms with Gasteiger partial charge in [-0.05, 0) is 20.8 Å². The van der Waals surface area contributed by atoms with Crippen LogP contribution >= 0.6 is 0 Å². The molecule has 0 bridgehead atoms. The predicted octanol–water partition coefficient (Wildman–Crippen LogP) is 0.0114. The minimum atomic E-state index is -0.871. The number of carbonyl (C=O) groups excluding carboxylic acids is 2. The molecule has 3 N–H and O–H groups in total. The molecule has 0 aliphatic heterocycles. The van der Waals surface area contributed by atoms with E-state index in [0.717, 1.165) is 0 Å². The fourth-order valence-electron chi connectivity index (χ4n) is 0.806.